The number of carbonyl (C=O) groups excluding carboxylic acids is 2. The molecule has 2 heterocycles. The maximum absolute atomic E-state index is 11.8. The molecule has 0 aliphatic heterocycles. The zero-order chi connectivity index (χ0) is 16.9. The summed E-state index contributed by atoms with van der Waals surface area (Å²) in [5.41, 5.74) is 0. The fraction of sp³-hybridized carbons (Fsp3) is 0.176. The van der Waals surface area contributed by atoms with E-state index in [1.165, 1.54) is 22.7 Å². The molecule has 1 amide bonds. The van der Waals surface area contributed by atoms with Crippen LogP contribution in [0, 0.1) is 0 Å². The normalized spacial score (nSPS) is 10.7. The molecule has 124 valence electrons. The van der Waals surface area contributed by atoms with Crippen LogP contribution in [0.5, 0.6) is 0 Å². The molecule has 0 fully saturated rings. The van der Waals surface area contributed by atoms with Crippen molar-refractivity contribution in [3.05, 3.63) is 56.6 Å². The molecule has 0 aliphatic rings. The van der Waals surface area contributed by atoms with Crippen molar-refractivity contribution in [2.75, 3.05) is 6.54 Å². The Morgan fingerprint density at radius 2 is 2.00 bits per heavy atom. The Kier molecular flexibility index (Phi) is 5.50. The predicted octanol–water partition coefficient (Wildman–Crippen LogP) is 4.48. The van der Waals surface area contributed by atoms with Crippen LogP contribution in [0.15, 0.2) is 41.8 Å². The molecule has 4 nitrogen and oxygen atoms in total. The van der Waals surface area contributed by atoms with Crippen molar-refractivity contribution in [3.63, 3.8) is 0 Å². The van der Waals surface area contributed by atoms with Crippen molar-refractivity contribution < 1.29 is 14.3 Å². The second-order valence-electron chi connectivity index (χ2n) is 4.98. The summed E-state index contributed by atoms with van der Waals surface area (Å²) in [6, 6.07) is 11.3. The van der Waals surface area contributed by atoms with E-state index in [9.17, 15) is 9.59 Å². The zero-order valence-electron chi connectivity index (χ0n) is 12.6. The van der Waals surface area contributed by atoms with E-state index in [1.807, 2.05) is 35.7 Å². The molecule has 0 spiro atoms. The van der Waals surface area contributed by atoms with Crippen molar-refractivity contribution in [2.24, 2.45) is 0 Å². The molecule has 0 bridgehead atoms. The highest BCUT2D eigenvalue weighted by Crippen LogP contribution is 2.35. The van der Waals surface area contributed by atoms with E-state index in [-0.39, 0.29) is 31.4 Å². The number of hydrogen-bond acceptors (Lipinski definition) is 5. The summed E-state index contributed by atoms with van der Waals surface area (Å²) in [6.45, 7) is 0.394. The van der Waals surface area contributed by atoms with E-state index < -0.39 is 0 Å². The first-order chi connectivity index (χ1) is 11.6. The molecule has 1 aromatic carbocycles. The third kappa shape index (κ3) is 3.95. The summed E-state index contributed by atoms with van der Waals surface area (Å²) >= 11 is 9.18. The van der Waals surface area contributed by atoms with Gasteiger partial charge in [-0.1, -0.05) is 35.9 Å². The first-order valence-corrected chi connectivity index (χ1v) is 9.36. The summed E-state index contributed by atoms with van der Waals surface area (Å²) < 4.78 is 6.32. The number of ether oxygens (including phenoxy) is 1. The van der Waals surface area contributed by atoms with Gasteiger partial charge in [-0.25, -0.2) is 0 Å². The molecular weight excluding hydrogens is 366 g/mol. The number of nitrogens with one attached hydrogen (secondary N) is 1. The van der Waals surface area contributed by atoms with E-state index in [1.54, 1.807) is 6.07 Å². The van der Waals surface area contributed by atoms with Crippen molar-refractivity contribution in [1.82, 2.24) is 5.32 Å². The Morgan fingerprint density at radius 1 is 1.17 bits per heavy atom. The Balaban J connectivity index is 1.47. The number of carbonyl (C=O) groups is 2. The van der Waals surface area contributed by atoms with Gasteiger partial charge in [0.1, 0.15) is 6.61 Å². The van der Waals surface area contributed by atoms with Crippen LogP contribution in [0.3, 0.4) is 0 Å². The SMILES string of the molecule is O=C(CCNC(=O)c1cccs1)OCc1sc2ccccc2c1Cl. The van der Waals surface area contributed by atoms with Gasteiger partial charge in [-0.15, -0.1) is 22.7 Å². The van der Waals surface area contributed by atoms with Gasteiger partial charge in [0.2, 0.25) is 0 Å². The molecule has 1 N–H and O–H groups in total. The van der Waals surface area contributed by atoms with E-state index in [4.69, 9.17) is 16.3 Å². The minimum atomic E-state index is -0.366. The lowest BCUT2D eigenvalue weighted by atomic mass is 10.2. The number of halogens is 1. The number of rotatable bonds is 6. The second-order valence-corrected chi connectivity index (χ2v) is 7.44. The lowest BCUT2D eigenvalue weighted by Crippen LogP contribution is -2.25. The molecule has 0 unspecified atom stereocenters. The molecule has 7 heteroatoms. The van der Waals surface area contributed by atoms with E-state index in [0.717, 1.165) is 15.0 Å². The van der Waals surface area contributed by atoms with Crippen molar-refractivity contribution in [2.45, 2.75) is 13.0 Å². The van der Waals surface area contributed by atoms with Crippen LogP contribution in [0.4, 0.5) is 0 Å². The van der Waals surface area contributed by atoms with Crippen molar-refractivity contribution in [3.8, 4) is 0 Å². The average molecular weight is 380 g/mol. The zero-order valence-corrected chi connectivity index (χ0v) is 15.0. The maximum atomic E-state index is 11.8. The van der Waals surface area contributed by atoms with Crippen LogP contribution >= 0.6 is 34.3 Å². The number of fused-ring (bicyclic) bond motifs is 1. The largest absolute Gasteiger partial charge is 0.460 e. The second kappa shape index (κ2) is 7.79. The van der Waals surface area contributed by atoms with Crippen LogP contribution in [0.1, 0.15) is 21.0 Å². The standard InChI is InChI=1S/C17H14ClNO3S2/c18-16-11-4-1-2-5-12(11)24-14(16)10-22-15(20)7-8-19-17(21)13-6-3-9-23-13/h1-6,9H,7-8,10H2,(H,19,21). The molecule has 0 atom stereocenters. The first kappa shape index (κ1) is 17.0. The van der Waals surface area contributed by atoms with Crippen LogP contribution < -0.4 is 5.32 Å². The van der Waals surface area contributed by atoms with Gasteiger partial charge in [0.25, 0.3) is 5.91 Å². The van der Waals surface area contributed by atoms with E-state index >= 15 is 0 Å². The smallest absolute Gasteiger partial charge is 0.307 e. The Labute approximate surface area is 152 Å². The van der Waals surface area contributed by atoms with Gasteiger partial charge in [-0.3, -0.25) is 9.59 Å². The van der Waals surface area contributed by atoms with Gasteiger partial charge in [0.05, 0.1) is 21.2 Å². The van der Waals surface area contributed by atoms with E-state index in [0.29, 0.717) is 9.90 Å². The summed E-state index contributed by atoms with van der Waals surface area (Å²) in [5, 5.41) is 6.13. The minimum absolute atomic E-state index is 0.125. The third-order valence-corrected chi connectivity index (χ3v) is 5.88. The maximum Gasteiger partial charge on any atom is 0.307 e. The number of hydrogen-bond donors (Lipinski definition) is 1. The van der Waals surface area contributed by atoms with Gasteiger partial charge in [-0.2, -0.15) is 0 Å². The van der Waals surface area contributed by atoms with Gasteiger partial charge >= 0.3 is 5.97 Å². The summed E-state index contributed by atoms with van der Waals surface area (Å²) in [6.07, 6.45) is 0.125. The summed E-state index contributed by atoms with van der Waals surface area (Å²) in [5.74, 6) is -0.541. The Bertz CT molecular complexity index is 858. The van der Waals surface area contributed by atoms with Crippen LogP contribution in [0.2, 0.25) is 5.02 Å². The van der Waals surface area contributed by atoms with E-state index in [2.05, 4.69) is 5.32 Å². The minimum Gasteiger partial charge on any atom is -0.460 e. The van der Waals surface area contributed by atoms with Crippen LogP contribution in [-0.2, 0) is 16.1 Å². The topological polar surface area (TPSA) is 55.4 Å². The fourth-order valence-electron chi connectivity index (χ4n) is 2.15. The molecular formula is C17H14ClNO3S2. The third-order valence-electron chi connectivity index (χ3n) is 3.33. The lowest BCUT2D eigenvalue weighted by molar-refractivity contribution is -0.144. The molecule has 3 rings (SSSR count). The van der Waals surface area contributed by atoms with Gasteiger partial charge < -0.3 is 10.1 Å². The number of esters is 1. The van der Waals surface area contributed by atoms with Gasteiger partial charge in [0, 0.05) is 16.6 Å². The quantitative estimate of drug-likeness (QED) is 0.642. The van der Waals surface area contributed by atoms with Gasteiger partial charge in [-0.05, 0) is 17.5 Å². The Hall–Kier alpha value is -1.89. The monoisotopic (exact) mass is 379 g/mol. The van der Waals surface area contributed by atoms with Gasteiger partial charge in [0.15, 0.2) is 0 Å². The Morgan fingerprint density at radius 3 is 2.75 bits per heavy atom. The van der Waals surface area contributed by atoms with Crippen LogP contribution in [0.25, 0.3) is 10.1 Å². The highest BCUT2D eigenvalue weighted by Gasteiger charge is 2.12. The molecule has 2 aromatic heterocycles. The van der Waals surface area contributed by atoms with Crippen molar-refractivity contribution >= 4 is 56.2 Å². The number of benzene rings is 1. The molecule has 0 aliphatic carbocycles. The highest BCUT2D eigenvalue weighted by molar-refractivity contribution is 7.19. The predicted molar refractivity (Wildman–Crippen MR) is 97.9 cm³/mol. The van der Waals surface area contributed by atoms with Crippen LogP contribution in [-0.4, -0.2) is 18.4 Å². The molecule has 0 saturated heterocycles. The fourth-order valence-corrected chi connectivity index (χ4v) is 4.19. The average Bonchev–Trinajstić information content (AvgIpc) is 3.22. The molecule has 0 saturated carbocycles. The summed E-state index contributed by atoms with van der Waals surface area (Å²) in [7, 11) is 0. The first-order valence-electron chi connectivity index (χ1n) is 7.28. The lowest BCUT2D eigenvalue weighted by Gasteiger charge is -2.05. The molecule has 0 radical (unpaired) electrons. The van der Waals surface area contributed by atoms with Crippen molar-refractivity contribution in [1.29, 1.82) is 0 Å². The number of thiophene rings is 2. The molecule has 24 heavy (non-hydrogen) atoms. The number of amides is 1. The molecule has 3 aromatic rings. The highest BCUT2D eigenvalue weighted by atomic mass is 35.5. The summed E-state index contributed by atoms with van der Waals surface area (Å²) in [4.78, 5) is 25.0.